The second-order valence-electron chi connectivity index (χ2n) is 2.83. The Bertz CT molecular complexity index is 95.2. The molecule has 82 valence electrons. The monoisotopic (exact) mass is 198 g/mol. The maximum atomic E-state index is 8.63. The Hall–Kier alpha value is -0.240. The molecule has 0 atom stereocenters. The Balaban J connectivity index is 0. The van der Waals surface area contributed by atoms with Crippen LogP contribution in [0.4, 0.5) is 0 Å². The molecule has 6 nitrogen and oxygen atoms in total. The van der Waals surface area contributed by atoms with Crippen LogP contribution in [0.15, 0.2) is 0 Å². The van der Waals surface area contributed by atoms with Gasteiger partial charge in [-0.25, -0.2) is 0 Å². The zero-order valence-electron chi connectivity index (χ0n) is 7.59. The van der Waals surface area contributed by atoms with Gasteiger partial charge in [0.25, 0.3) is 0 Å². The van der Waals surface area contributed by atoms with Gasteiger partial charge in [0.2, 0.25) is 0 Å². The standard InChI is InChI=1S/C4H10O3.C3H8O3/c1-4(7,2-5)3-6;4-1-3(6)2-5/h5-7H,2-3H2,1H3;3-6H,1-2H2. The first-order chi connectivity index (χ1) is 5.93. The summed E-state index contributed by atoms with van der Waals surface area (Å²) in [6.07, 6.45) is -0.954. The van der Waals surface area contributed by atoms with Crippen LogP contribution in [0.1, 0.15) is 6.92 Å². The van der Waals surface area contributed by atoms with Crippen molar-refractivity contribution in [3.05, 3.63) is 0 Å². The number of aliphatic hydroxyl groups is 6. The summed E-state index contributed by atoms with van der Waals surface area (Å²) < 4.78 is 0. The predicted molar refractivity (Wildman–Crippen MR) is 45.0 cm³/mol. The molecule has 0 spiro atoms. The highest BCUT2D eigenvalue weighted by Crippen LogP contribution is 1.96. The minimum absolute atomic E-state index is 0.365. The van der Waals surface area contributed by atoms with Crippen LogP contribution in [-0.4, -0.2) is 68.8 Å². The fourth-order valence-electron chi connectivity index (χ4n) is 0.108. The van der Waals surface area contributed by atoms with Gasteiger partial charge in [0.15, 0.2) is 0 Å². The van der Waals surface area contributed by atoms with Gasteiger partial charge in [-0.05, 0) is 6.92 Å². The minimum atomic E-state index is -1.31. The average molecular weight is 198 g/mol. The van der Waals surface area contributed by atoms with Gasteiger partial charge in [0.1, 0.15) is 11.7 Å². The molecule has 0 aromatic carbocycles. The maximum Gasteiger partial charge on any atom is 0.108 e. The highest BCUT2D eigenvalue weighted by molar-refractivity contribution is 4.67. The van der Waals surface area contributed by atoms with E-state index in [9.17, 15) is 0 Å². The molecule has 6 N–H and O–H groups in total. The lowest BCUT2D eigenvalue weighted by Gasteiger charge is -2.14. The highest BCUT2D eigenvalue weighted by Gasteiger charge is 2.15. The molecule has 13 heavy (non-hydrogen) atoms. The molecule has 0 saturated carbocycles. The Labute approximate surface area is 76.7 Å². The summed E-state index contributed by atoms with van der Waals surface area (Å²) in [6.45, 7) is -0.174. The van der Waals surface area contributed by atoms with Gasteiger partial charge in [-0.15, -0.1) is 0 Å². The van der Waals surface area contributed by atoms with Crippen LogP contribution in [0.5, 0.6) is 0 Å². The molecular formula is C7H18O6. The Morgan fingerprint density at radius 1 is 1.00 bits per heavy atom. The normalized spacial score (nSPS) is 11.1. The smallest absolute Gasteiger partial charge is 0.108 e. The molecule has 0 unspecified atom stereocenters. The van der Waals surface area contributed by atoms with Crippen molar-refractivity contribution in [2.45, 2.75) is 18.6 Å². The van der Waals surface area contributed by atoms with Gasteiger partial charge in [-0.1, -0.05) is 0 Å². The third-order valence-electron chi connectivity index (χ3n) is 1.10. The van der Waals surface area contributed by atoms with E-state index >= 15 is 0 Å². The molecule has 0 aliphatic heterocycles. The van der Waals surface area contributed by atoms with Crippen LogP contribution >= 0.6 is 0 Å². The van der Waals surface area contributed by atoms with Crippen molar-refractivity contribution in [1.29, 1.82) is 0 Å². The molecule has 0 bridgehead atoms. The van der Waals surface area contributed by atoms with Crippen molar-refractivity contribution in [1.82, 2.24) is 0 Å². The van der Waals surface area contributed by atoms with E-state index in [4.69, 9.17) is 30.6 Å². The lowest BCUT2D eigenvalue weighted by molar-refractivity contribution is -0.0399. The van der Waals surface area contributed by atoms with Crippen molar-refractivity contribution in [3.8, 4) is 0 Å². The summed E-state index contributed by atoms with van der Waals surface area (Å²) in [4.78, 5) is 0. The first-order valence-electron chi connectivity index (χ1n) is 3.77. The number of hydrogen-bond acceptors (Lipinski definition) is 6. The van der Waals surface area contributed by atoms with Crippen molar-refractivity contribution in [3.63, 3.8) is 0 Å². The molecule has 0 radical (unpaired) electrons. The lowest BCUT2D eigenvalue weighted by atomic mass is 10.1. The number of rotatable bonds is 4. The summed E-state index contributed by atoms with van der Waals surface area (Å²) in [5.41, 5.74) is -1.31. The molecule has 0 saturated heterocycles. The topological polar surface area (TPSA) is 121 Å². The van der Waals surface area contributed by atoms with Crippen LogP contribution in [0.25, 0.3) is 0 Å². The van der Waals surface area contributed by atoms with Crippen LogP contribution in [0.2, 0.25) is 0 Å². The quantitative estimate of drug-likeness (QED) is 0.287. The average Bonchev–Trinajstić information content (AvgIpc) is 2.17. The van der Waals surface area contributed by atoms with E-state index in [1.807, 2.05) is 0 Å². The summed E-state index contributed by atoms with van der Waals surface area (Å²) in [7, 11) is 0. The van der Waals surface area contributed by atoms with E-state index in [-0.39, 0.29) is 13.2 Å². The van der Waals surface area contributed by atoms with Crippen LogP contribution in [0, 0.1) is 0 Å². The van der Waals surface area contributed by atoms with Crippen molar-refractivity contribution < 1.29 is 30.6 Å². The molecular weight excluding hydrogens is 180 g/mol. The van der Waals surface area contributed by atoms with E-state index in [1.165, 1.54) is 6.92 Å². The van der Waals surface area contributed by atoms with Crippen LogP contribution in [-0.2, 0) is 0 Å². The van der Waals surface area contributed by atoms with E-state index in [2.05, 4.69) is 0 Å². The molecule has 0 rings (SSSR count). The third kappa shape index (κ3) is 11.8. The van der Waals surface area contributed by atoms with E-state index < -0.39 is 24.9 Å². The Morgan fingerprint density at radius 2 is 1.31 bits per heavy atom. The van der Waals surface area contributed by atoms with Crippen molar-refractivity contribution in [2.75, 3.05) is 26.4 Å². The number of aliphatic hydroxyl groups excluding tert-OH is 5. The summed E-state index contributed by atoms with van der Waals surface area (Å²) in [5, 5.41) is 49.0. The molecule has 0 aliphatic rings. The van der Waals surface area contributed by atoms with E-state index in [0.29, 0.717) is 0 Å². The van der Waals surface area contributed by atoms with E-state index in [1.54, 1.807) is 0 Å². The van der Waals surface area contributed by atoms with E-state index in [0.717, 1.165) is 0 Å². The molecule has 0 amide bonds. The largest absolute Gasteiger partial charge is 0.394 e. The lowest BCUT2D eigenvalue weighted by Crippen LogP contribution is -2.33. The first-order valence-corrected chi connectivity index (χ1v) is 3.77. The SMILES string of the molecule is CC(O)(CO)CO.OCC(O)CO. The Kier molecular flexibility index (Phi) is 9.80. The first kappa shape index (κ1) is 15.2. The fourth-order valence-corrected chi connectivity index (χ4v) is 0.108. The molecule has 0 fully saturated rings. The molecule has 0 heterocycles. The van der Waals surface area contributed by atoms with Crippen molar-refractivity contribution in [2.24, 2.45) is 0 Å². The van der Waals surface area contributed by atoms with Crippen molar-refractivity contribution >= 4 is 0 Å². The second kappa shape index (κ2) is 8.36. The maximum absolute atomic E-state index is 8.63. The summed E-state index contributed by atoms with van der Waals surface area (Å²) in [5.74, 6) is 0. The zero-order valence-corrected chi connectivity index (χ0v) is 7.59. The predicted octanol–water partition coefficient (Wildman–Crippen LogP) is -2.95. The summed E-state index contributed by atoms with van der Waals surface area (Å²) in [6, 6.07) is 0. The van der Waals surface area contributed by atoms with Gasteiger partial charge in [0.05, 0.1) is 26.4 Å². The van der Waals surface area contributed by atoms with Gasteiger partial charge in [0, 0.05) is 0 Å². The summed E-state index contributed by atoms with van der Waals surface area (Å²) >= 11 is 0. The minimum Gasteiger partial charge on any atom is -0.394 e. The van der Waals surface area contributed by atoms with Crippen LogP contribution in [0.3, 0.4) is 0 Å². The number of hydrogen-bond donors (Lipinski definition) is 6. The van der Waals surface area contributed by atoms with Crippen LogP contribution < -0.4 is 0 Å². The Morgan fingerprint density at radius 3 is 1.31 bits per heavy atom. The molecule has 0 aromatic heterocycles. The fraction of sp³-hybridized carbons (Fsp3) is 1.00. The molecule has 0 aromatic rings. The zero-order chi connectivity index (χ0) is 10.9. The highest BCUT2D eigenvalue weighted by atomic mass is 16.4. The van der Waals surface area contributed by atoms with Gasteiger partial charge >= 0.3 is 0 Å². The second-order valence-corrected chi connectivity index (χ2v) is 2.83. The molecule has 0 aliphatic carbocycles. The van der Waals surface area contributed by atoms with Gasteiger partial charge in [-0.3, -0.25) is 0 Å². The van der Waals surface area contributed by atoms with Gasteiger partial charge in [-0.2, -0.15) is 0 Å². The third-order valence-corrected chi connectivity index (χ3v) is 1.10. The molecule has 6 heteroatoms. The van der Waals surface area contributed by atoms with Gasteiger partial charge < -0.3 is 30.6 Å².